The number of ether oxygens (including phenoxy) is 1. The second kappa shape index (κ2) is 9.63. The summed E-state index contributed by atoms with van der Waals surface area (Å²) in [4.78, 5) is 36.1. The highest BCUT2D eigenvalue weighted by molar-refractivity contribution is 7.14. The molecular formula is C24H19ClF2N2O5S. The Morgan fingerprint density at radius 3 is 2.37 bits per heavy atom. The van der Waals surface area contributed by atoms with E-state index in [4.69, 9.17) is 21.4 Å². The van der Waals surface area contributed by atoms with E-state index in [-0.39, 0.29) is 5.69 Å². The maximum atomic E-state index is 13.6. The second-order valence-corrected chi connectivity index (χ2v) is 9.22. The third kappa shape index (κ3) is 5.13. The summed E-state index contributed by atoms with van der Waals surface area (Å²) in [5.74, 6) is -10.2. The van der Waals surface area contributed by atoms with Crippen LogP contribution in [0.15, 0.2) is 60.0 Å². The average Bonchev–Trinajstić information content (AvgIpc) is 3.12. The quantitative estimate of drug-likeness (QED) is 0.340. The highest BCUT2D eigenvalue weighted by Crippen LogP contribution is 2.55. The number of nitrogens with one attached hydrogen (secondary N) is 2. The number of aliphatic carboxylic acids is 1. The average molecular weight is 521 g/mol. The van der Waals surface area contributed by atoms with E-state index < -0.39 is 41.8 Å². The van der Waals surface area contributed by atoms with E-state index in [2.05, 4.69) is 10.6 Å². The van der Waals surface area contributed by atoms with Crippen molar-refractivity contribution in [1.82, 2.24) is 0 Å². The molecule has 7 nitrogen and oxygen atoms in total. The summed E-state index contributed by atoms with van der Waals surface area (Å²) in [6, 6.07) is 15.0. The minimum atomic E-state index is -3.56. The molecule has 2 unspecified atom stereocenters. The minimum Gasteiger partial charge on any atom is -0.481 e. The fraction of sp³-hybridized carbons (Fsp3) is 0.208. The Labute approximate surface area is 207 Å². The predicted molar refractivity (Wildman–Crippen MR) is 128 cm³/mol. The Balaban J connectivity index is 1.39. The molecule has 2 aromatic carbocycles. The van der Waals surface area contributed by atoms with Crippen molar-refractivity contribution in [2.24, 2.45) is 11.8 Å². The van der Waals surface area contributed by atoms with Crippen LogP contribution in [0.25, 0.3) is 10.4 Å². The zero-order chi connectivity index (χ0) is 25.3. The number of rotatable bonds is 7. The van der Waals surface area contributed by atoms with Crippen LogP contribution in [0.5, 0.6) is 0 Å². The van der Waals surface area contributed by atoms with Gasteiger partial charge in [0.15, 0.2) is 0 Å². The Morgan fingerprint density at radius 1 is 1.06 bits per heavy atom. The zero-order valence-corrected chi connectivity index (χ0v) is 19.7. The molecule has 0 saturated heterocycles. The molecule has 0 spiro atoms. The van der Waals surface area contributed by atoms with Crippen molar-refractivity contribution in [2.45, 2.75) is 19.0 Å². The van der Waals surface area contributed by atoms with Crippen molar-refractivity contribution in [3.8, 4) is 10.4 Å². The van der Waals surface area contributed by atoms with E-state index in [1.165, 1.54) is 23.5 Å². The van der Waals surface area contributed by atoms with Gasteiger partial charge in [0.05, 0.1) is 10.6 Å². The zero-order valence-electron chi connectivity index (χ0n) is 18.1. The van der Waals surface area contributed by atoms with Crippen molar-refractivity contribution in [3.05, 3.63) is 70.6 Å². The van der Waals surface area contributed by atoms with E-state index >= 15 is 0 Å². The first-order chi connectivity index (χ1) is 16.6. The number of hydrogen-bond acceptors (Lipinski definition) is 5. The highest BCUT2D eigenvalue weighted by Gasteiger charge is 2.75. The van der Waals surface area contributed by atoms with Crippen LogP contribution >= 0.6 is 22.9 Å². The standard InChI is InChI=1S/C24H19ClF2N2O5S/c1-12(15-4-2-3-5-16(15)25)34-23(33)29-17-10-11-35-20(17)13-6-8-14(9-7-13)28-21(30)18-19(22(31)32)24(18,26)27/h2-12,18-19H,1H3,(H,28,30)(H,29,33)(H,31,32)/t12-,18?,19?/m1/s1. The van der Waals surface area contributed by atoms with Crippen LogP contribution in [0.4, 0.5) is 25.0 Å². The number of carboxylic acid groups (broad SMARTS) is 1. The third-order valence-corrected chi connectivity index (χ3v) is 6.85. The van der Waals surface area contributed by atoms with Crippen LogP contribution in [-0.4, -0.2) is 29.0 Å². The molecule has 0 bridgehead atoms. The molecule has 3 atom stereocenters. The molecule has 3 N–H and O–H groups in total. The van der Waals surface area contributed by atoms with E-state index in [0.29, 0.717) is 26.7 Å². The lowest BCUT2D eigenvalue weighted by Gasteiger charge is -2.15. The summed E-state index contributed by atoms with van der Waals surface area (Å²) in [5.41, 5.74) is 2.12. The lowest BCUT2D eigenvalue weighted by molar-refractivity contribution is -0.141. The number of carbonyl (C=O) groups excluding carboxylic acids is 2. The molecule has 1 aliphatic carbocycles. The van der Waals surface area contributed by atoms with Gasteiger partial charge < -0.3 is 15.2 Å². The van der Waals surface area contributed by atoms with Gasteiger partial charge in [0.1, 0.15) is 17.9 Å². The molecule has 2 amide bonds. The first-order valence-electron chi connectivity index (χ1n) is 10.4. The number of alkyl halides is 2. The fourth-order valence-electron chi connectivity index (χ4n) is 3.68. The van der Waals surface area contributed by atoms with Crippen LogP contribution in [0.3, 0.4) is 0 Å². The number of anilines is 2. The second-order valence-electron chi connectivity index (χ2n) is 7.89. The Kier molecular flexibility index (Phi) is 6.77. The van der Waals surface area contributed by atoms with Gasteiger partial charge in [-0.3, -0.25) is 14.9 Å². The van der Waals surface area contributed by atoms with Crippen LogP contribution < -0.4 is 10.6 Å². The molecule has 35 heavy (non-hydrogen) atoms. The summed E-state index contributed by atoms with van der Waals surface area (Å²) >= 11 is 7.51. The number of thiophene rings is 1. The van der Waals surface area contributed by atoms with Gasteiger partial charge in [-0.05, 0) is 42.1 Å². The van der Waals surface area contributed by atoms with Crippen LogP contribution in [0, 0.1) is 11.8 Å². The molecule has 1 saturated carbocycles. The molecule has 0 radical (unpaired) electrons. The smallest absolute Gasteiger partial charge is 0.412 e. The van der Waals surface area contributed by atoms with Gasteiger partial charge in [-0.15, -0.1) is 11.3 Å². The van der Waals surface area contributed by atoms with Gasteiger partial charge in [0.25, 0.3) is 5.92 Å². The predicted octanol–water partition coefficient (Wildman–Crippen LogP) is 6.28. The highest BCUT2D eigenvalue weighted by atomic mass is 35.5. The lowest BCUT2D eigenvalue weighted by atomic mass is 10.1. The number of benzene rings is 2. The summed E-state index contributed by atoms with van der Waals surface area (Å²) in [5, 5.41) is 16.1. The van der Waals surface area contributed by atoms with Crippen molar-refractivity contribution in [2.75, 3.05) is 10.6 Å². The van der Waals surface area contributed by atoms with Crippen molar-refractivity contribution < 1.29 is 33.0 Å². The lowest BCUT2D eigenvalue weighted by Crippen LogP contribution is -2.18. The third-order valence-electron chi connectivity index (χ3n) is 5.55. The van der Waals surface area contributed by atoms with Gasteiger partial charge in [0.2, 0.25) is 5.91 Å². The number of carbonyl (C=O) groups is 3. The van der Waals surface area contributed by atoms with Gasteiger partial charge in [-0.1, -0.05) is 41.9 Å². The monoisotopic (exact) mass is 520 g/mol. The number of hydrogen-bond donors (Lipinski definition) is 3. The molecule has 182 valence electrons. The molecule has 1 heterocycles. The van der Waals surface area contributed by atoms with E-state index in [0.717, 1.165) is 0 Å². The summed E-state index contributed by atoms with van der Waals surface area (Å²) in [6.07, 6.45) is -1.24. The summed E-state index contributed by atoms with van der Waals surface area (Å²) in [7, 11) is 0. The van der Waals surface area contributed by atoms with Crippen LogP contribution in [0.1, 0.15) is 18.6 Å². The molecule has 11 heteroatoms. The van der Waals surface area contributed by atoms with Crippen LogP contribution in [0.2, 0.25) is 5.02 Å². The first-order valence-corrected chi connectivity index (χ1v) is 11.7. The van der Waals surface area contributed by atoms with Gasteiger partial charge >= 0.3 is 12.1 Å². The number of amides is 2. The van der Waals surface area contributed by atoms with E-state index in [9.17, 15) is 23.2 Å². The summed E-state index contributed by atoms with van der Waals surface area (Å²) in [6.45, 7) is 1.71. The molecule has 1 aromatic heterocycles. The van der Waals surface area contributed by atoms with Gasteiger partial charge in [-0.2, -0.15) is 0 Å². The maximum Gasteiger partial charge on any atom is 0.412 e. The van der Waals surface area contributed by atoms with Crippen molar-refractivity contribution in [1.29, 1.82) is 0 Å². The minimum absolute atomic E-state index is 0.240. The molecule has 4 rings (SSSR count). The van der Waals surface area contributed by atoms with Crippen molar-refractivity contribution in [3.63, 3.8) is 0 Å². The Morgan fingerprint density at radius 2 is 1.74 bits per heavy atom. The van der Waals surface area contributed by atoms with E-state index in [1.54, 1.807) is 54.8 Å². The number of carboxylic acids is 1. The summed E-state index contributed by atoms with van der Waals surface area (Å²) < 4.78 is 32.6. The van der Waals surface area contributed by atoms with Gasteiger partial charge in [0, 0.05) is 16.3 Å². The van der Waals surface area contributed by atoms with Crippen LogP contribution in [-0.2, 0) is 14.3 Å². The molecule has 1 aliphatic rings. The van der Waals surface area contributed by atoms with Gasteiger partial charge in [-0.25, -0.2) is 13.6 Å². The molecule has 3 aromatic rings. The topological polar surface area (TPSA) is 105 Å². The molecule has 1 fully saturated rings. The Bertz CT molecular complexity index is 1280. The SMILES string of the molecule is C[C@@H](OC(=O)Nc1ccsc1-c1ccc(NC(=O)C2C(C(=O)O)C2(F)F)cc1)c1ccccc1Cl. The Hall–Kier alpha value is -3.50. The maximum absolute atomic E-state index is 13.6. The van der Waals surface area contributed by atoms with Crippen molar-refractivity contribution >= 4 is 52.3 Å². The largest absolute Gasteiger partial charge is 0.481 e. The number of halogens is 3. The normalized spacial score (nSPS) is 18.9. The molecular weight excluding hydrogens is 502 g/mol. The van der Waals surface area contributed by atoms with E-state index in [1.807, 2.05) is 0 Å². The molecule has 0 aliphatic heterocycles. The fourth-order valence-corrected chi connectivity index (χ4v) is 4.83. The first kappa shape index (κ1) is 24.6.